The molecule has 0 spiro atoms. The molecule has 0 aliphatic carbocycles. The van der Waals surface area contributed by atoms with Crippen LogP contribution in [-0.2, 0) is 6.42 Å². The number of fused-ring (bicyclic) bond motifs is 1. The van der Waals surface area contributed by atoms with E-state index < -0.39 is 0 Å². The number of anilines is 2. The lowest BCUT2D eigenvalue weighted by Gasteiger charge is -2.12. The molecule has 1 N–H and O–H groups in total. The van der Waals surface area contributed by atoms with E-state index in [1.807, 2.05) is 85.7 Å². The van der Waals surface area contributed by atoms with Crippen LogP contribution in [0.25, 0.3) is 10.8 Å². The van der Waals surface area contributed by atoms with Gasteiger partial charge in [0.25, 0.3) is 5.91 Å². The highest BCUT2D eigenvalue weighted by molar-refractivity contribution is 6.29. The van der Waals surface area contributed by atoms with Gasteiger partial charge in [0.15, 0.2) is 0 Å². The monoisotopic (exact) mass is 415 g/mol. The molecule has 149 valence electrons. The minimum Gasteiger partial charge on any atom is -0.362 e. The normalized spacial score (nSPS) is 10.8. The highest BCUT2D eigenvalue weighted by atomic mass is 35.5. The first-order valence-electron chi connectivity index (χ1n) is 9.50. The van der Waals surface area contributed by atoms with Gasteiger partial charge in [0.1, 0.15) is 16.8 Å². The summed E-state index contributed by atoms with van der Waals surface area (Å²) in [5.74, 6) is 1.12. The molecule has 1 aromatic heterocycles. The largest absolute Gasteiger partial charge is 0.362 e. The molecule has 0 fully saturated rings. The van der Waals surface area contributed by atoms with Crippen LogP contribution in [0.15, 0.2) is 66.7 Å². The third-order valence-electron chi connectivity index (χ3n) is 4.69. The van der Waals surface area contributed by atoms with Gasteiger partial charge in [-0.15, -0.1) is 0 Å². The Labute approximate surface area is 180 Å². The van der Waals surface area contributed by atoms with Gasteiger partial charge in [-0.2, -0.15) is 0 Å². The Morgan fingerprint density at radius 3 is 2.47 bits per heavy atom. The fourth-order valence-corrected chi connectivity index (χ4v) is 3.30. The lowest BCUT2D eigenvalue weighted by molar-refractivity contribution is 0.102. The van der Waals surface area contributed by atoms with Gasteiger partial charge in [-0.25, -0.2) is 9.97 Å². The molecule has 3 aromatic carbocycles. The molecule has 6 heteroatoms. The molecule has 0 unspecified atom stereocenters. The average molecular weight is 416 g/mol. The first-order valence-corrected chi connectivity index (χ1v) is 9.88. The lowest BCUT2D eigenvalue weighted by atomic mass is 10.1. The molecule has 0 saturated carbocycles. The fraction of sp³-hybridized carbons (Fsp3) is 0.125. The number of nitrogens with zero attached hydrogens (tertiary/aromatic N) is 3. The molecular weight excluding hydrogens is 396 g/mol. The van der Waals surface area contributed by atoms with E-state index in [0.29, 0.717) is 28.8 Å². The SMILES string of the molecule is CN(C)c1[c]c(Cl)nc(Cc2ccc(NC(=O)c3ccc4ccccc4c3)cc2)n1. The zero-order valence-corrected chi connectivity index (χ0v) is 17.4. The number of benzene rings is 3. The standard InChI is InChI=1S/C24H20ClN4O/c1-29(2)23-15-21(25)27-22(28-23)13-16-7-11-20(12-8-16)26-24(30)19-10-9-17-5-3-4-6-18(17)14-19/h3-12,14H,13H2,1-2H3,(H,26,30). The van der Waals surface area contributed by atoms with E-state index in [0.717, 1.165) is 22.0 Å². The van der Waals surface area contributed by atoms with E-state index in [2.05, 4.69) is 21.4 Å². The predicted octanol–water partition coefficient (Wildman–Crippen LogP) is 4.99. The first-order chi connectivity index (χ1) is 14.5. The summed E-state index contributed by atoms with van der Waals surface area (Å²) >= 11 is 6.06. The Bertz CT molecular complexity index is 1210. The maximum Gasteiger partial charge on any atom is 0.255 e. The van der Waals surface area contributed by atoms with Crippen LogP contribution >= 0.6 is 11.6 Å². The molecule has 4 aromatic rings. The van der Waals surface area contributed by atoms with Crippen molar-refractivity contribution in [1.29, 1.82) is 0 Å². The van der Waals surface area contributed by atoms with Gasteiger partial charge < -0.3 is 10.2 Å². The molecule has 30 heavy (non-hydrogen) atoms. The van der Waals surface area contributed by atoms with E-state index in [9.17, 15) is 4.79 Å². The average Bonchev–Trinajstić information content (AvgIpc) is 2.74. The molecule has 0 bridgehead atoms. The van der Waals surface area contributed by atoms with Crippen molar-refractivity contribution < 1.29 is 4.79 Å². The van der Waals surface area contributed by atoms with E-state index in [-0.39, 0.29) is 5.91 Å². The number of aromatic nitrogens is 2. The molecule has 1 radical (unpaired) electrons. The van der Waals surface area contributed by atoms with Crippen LogP contribution in [0.5, 0.6) is 0 Å². The van der Waals surface area contributed by atoms with Crippen molar-refractivity contribution in [3.05, 3.63) is 94.9 Å². The van der Waals surface area contributed by atoms with Crippen LogP contribution in [0.2, 0.25) is 5.15 Å². The number of carbonyl (C=O) groups excluding carboxylic acids is 1. The number of nitrogens with one attached hydrogen (secondary N) is 1. The summed E-state index contributed by atoms with van der Waals surface area (Å²) in [5.41, 5.74) is 2.37. The molecule has 1 heterocycles. The second kappa shape index (κ2) is 8.51. The van der Waals surface area contributed by atoms with Gasteiger partial charge in [0, 0.05) is 31.8 Å². The van der Waals surface area contributed by atoms with Crippen LogP contribution in [-0.4, -0.2) is 30.0 Å². The number of hydrogen-bond acceptors (Lipinski definition) is 4. The van der Waals surface area contributed by atoms with Crippen LogP contribution in [0.4, 0.5) is 11.5 Å². The summed E-state index contributed by atoms with van der Waals surface area (Å²) in [6.45, 7) is 0. The minimum atomic E-state index is -0.141. The molecule has 0 aliphatic heterocycles. The number of amides is 1. The number of hydrogen-bond donors (Lipinski definition) is 1. The summed E-state index contributed by atoms with van der Waals surface area (Å²) in [6, 6.07) is 24.2. The molecular formula is C24H20ClN4O. The third kappa shape index (κ3) is 4.58. The van der Waals surface area contributed by atoms with Crippen LogP contribution in [0, 0.1) is 6.07 Å². The molecule has 0 aliphatic rings. The van der Waals surface area contributed by atoms with Gasteiger partial charge in [0.2, 0.25) is 0 Å². The Kier molecular flexibility index (Phi) is 5.63. The third-order valence-corrected chi connectivity index (χ3v) is 4.87. The lowest BCUT2D eigenvalue weighted by Crippen LogP contribution is -2.13. The molecule has 1 amide bonds. The Balaban J connectivity index is 1.46. The zero-order valence-electron chi connectivity index (χ0n) is 16.7. The maximum atomic E-state index is 12.6. The molecule has 5 nitrogen and oxygen atoms in total. The van der Waals surface area contributed by atoms with Crippen LogP contribution in [0.1, 0.15) is 21.7 Å². The maximum absolute atomic E-state index is 12.6. The van der Waals surface area contributed by atoms with Gasteiger partial charge in [0.05, 0.1) is 6.07 Å². The Morgan fingerprint density at radius 1 is 1.00 bits per heavy atom. The summed E-state index contributed by atoms with van der Waals surface area (Å²) in [4.78, 5) is 23.2. The number of carbonyl (C=O) groups is 1. The molecule has 4 rings (SSSR count). The van der Waals surface area contributed by atoms with Crippen LogP contribution in [0.3, 0.4) is 0 Å². The molecule has 0 atom stereocenters. The second-order valence-corrected chi connectivity index (χ2v) is 7.52. The van der Waals surface area contributed by atoms with Crippen molar-refractivity contribution in [2.24, 2.45) is 0 Å². The van der Waals surface area contributed by atoms with Gasteiger partial charge >= 0.3 is 0 Å². The van der Waals surface area contributed by atoms with Crippen molar-refractivity contribution in [2.75, 3.05) is 24.3 Å². The van der Waals surface area contributed by atoms with Gasteiger partial charge in [-0.3, -0.25) is 4.79 Å². The summed E-state index contributed by atoms with van der Waals surface area (Å²) in [7, 11) is 3.76. The van der Waals surface area contributed by atoms with Crippen molar-refractivity contribution in [2.45, 2.75) is 6.42 Å². The van der Waals surface area contributed by atoms with Crippen molar-refractivity contribution in [3.8, 4) is 0 Å². The van der Waals surface area contributed by atoms with Crippen molar-refractivity contribution in [1.82, 2.24) is 9.97 Å². The molecule has 0 saturated heterocycles. The Hall–Kier alpha value is -3.44. The smallest absolute Gasteiger partial charge is 0.255 e. The van der Waals surface area contributed by atoms with Crippen molar-refractivity contribution >= 4 is 39.8 Å². The predicted molar refractivity (Wildman–Crippen MR) is 121 cm³/mol. The van der Waals surface area contributed by atoms with Crippen LogP contribution < -0.4 is 10.2 Å². The second-order valence-electron chi connectivity index (χ2n) is 7.16. The van der Waals surface area contributed by atoms with E-state index in [1.165, 1.54) is 0 Å². The highest BCUT2D eigenvalue weighted by Gasteiger charge is 2.09. The minimum absolute atomic E-state index is 0.141. The number of rotatable bonds is 5. The summed E-state index contributed by atoms with van der Waals surface area (Å²) < 4.78 is 0. The van der Waals surface area contributed by atoms with Gasteiger partial charge in [-0.1, -0.05) is 54.1 Å². The summed E-state index contributed by atoms with van der Waals surface area (Å²) in [5, 5.41) is 5.38. The summed E-state index contributed by atoms with van der Waals surface area (Å²) in [6.07, 6.45) is 0.536. The quantitative estimate of drug-likeness (QED) is 0.466. The highest BCUT2D eigenvalue weighted by Crippen LogP contribution is 2.19. The van der Waals surface area contributed by atoms with E-state index in [1.54, 1.807) is 0 Å². The van der Waals surface area contributed by atoms with Gasteiger partial charge in [-0.05, 0) is 40.6 Å². The topological polar surface area (TPSA) is 58.1 Å². The van der Waals surface area contributed by atoms with E-state index in [4.69, 9.17) is 11.6 Å². The van der Waals surface area contributed by atoms with E-state index >= 15 is 0 Å². The first kappa shape index (κ1) is 19.9. The number of halogens is 1. The fourth-order valence-electron chi connectivity index (χ4n) is 3.12. The Morgan fingerprint density at radius 2 is 1.73 bits per heavy atom. The van der Waals surface area contributed by atoms with Crippen molar-refractivity contribution in [3.63, 3.8) is 0 Å². The zero-order chi connectivity index (χ0) is 21.1.